The molecular weight excluding hydrogens is 358 g/mol. The number of carbonyl (C=O) groups excluding carboxylic acids is 2. The Morgan fingerprint density at radius 2 is 1.82 bits per heavy atom. The third kappa shape index (κ3) is 4.11. The Hall–Kier alpha value is -3.42. The van der Waals surface area contributed by atoms with Crippen molar-refractivity contribution in [3.63, 3.8) is 0 Å². The van der Waals surface area contributed by atoms with E-state index in [0.29, 0.717) is 37.0 Å². The maximum atomic E-state index is 12.5. The number of hydrogen-bond donors (Lipinski definition) is 2. The number of nitrogens with zero attached hydrogens (tertiary/aromatic N) is 3. The third-order valence-electron chi connectivity index (χ3n) is 4.87. The number of amides is 2. The highest BCUT2D eigenvalue weighted by atomic mass is 16.6. The van der Waals surface area contributed by atoms with E-state index >= 15 is 0 Å². The number of likely N-dealkylation sites (tertiary alicyclic amines) is 1. The van der Waals surface area contributed by atoms with Crippen LogP contribution in [0.4, 0.5) is 4.79 Å². The van der Waals surface area contributed by atoms with Gasteiger partial charge in [-0.15, -0.1) is 0 Å². The van der Waals surface area contributed by atoms with Gasteiger partial charge in [-0.2, -0.15) is 15.4 Å². The number of fused-ring (bicyclic) bond motifs is 1. The van der Waals surface area contributed by atoms with Gasteiger partial charge in [-0.05, 0) is 36.6 Å². The van der Waals surface area contributed by atoms with Crippen LogP contribution in [-0.2, 0) is 11.3 Å². The van der Waals surface area contributed by atoms with Gasteiger partial charge in [0.25, 0.3) is 5.91 Å². The summed E-state index contributed by atoms with van der Waals surface area (Å²) < 4.78 is 5.37. The average Bonchev–Trinajstić information content (AvgIpc) is 3.21. The van der Waals surface area contributed by atoms with Crippen LogP contribution in [-0.4, -0.2) is 51.4 Å². The number of piperidine rings is 1. The Kier molecular flexibility index (Phi) is 5.18. The van der Waals surface area contributed by atoms with Crippen LogP contribution in [0.1, 0.15) is 28.8 Å². The minimum absolute atomic E-state index is 0.0266. The summed E-state index contributed by atoms with van der Waals surface area (Å²) in [5.74, 6) is -0.144. The first-order valence-electron chi connectivity index (χ1n) is 9.26. The molecule has 8 nitrogen and oxygen atoms in total. The minimum atomic E-state index is -0.315. The maximum absolute atomic E-state index is 12.5. The van der Waals surface area contributed by atoms with Crippen LogP contribution in [0.3, 0.4) is 0 Å². The average molecular weight is 379 g/mol. The molecule has 4 rings (SSSR count). The number of H-pyrrole nitrogens is 1. The van der Waals surface area contributed by atoms with Crippen molar-refractivity contribution in [1.29, 1.82) is 0 Å². The van der Waals surface area contributed by atoms with Gasteiger partial charge in [0.15, 0.2) is 0 Å². The summed E-state index contributed by atoms with van der Waals surface area (Å²) in [4.78, 5) is 26.4. The molecule has 28 heavy (non-hydrogen) atoms. The first kappa shape index (κ1) is 18.0. The molecule has 0 atom stereocenters. The quantitative estimate of drug-likeness (QED) is 0.725. The highest BCUT2D eigenvalue weighted by molar-refractivity contribution is 5.97. The largest absolute Gasteiger partial charge is 0.445 e. The molecule has 1 aromatic heterocycles. The fourth-order valence-electron chi connectivity index (χ4n) is 3.27. The van der Waals surface area contributed by atoms with E-state index in [-0.39, 0.29) is 24.6 Å². The number of ether oxygens (including phenoxy) is 1. The van der Waals surface area contributed by atoms with E-state index in [9.17, 15) is 9.59 Å². The van der Waals surface area contributed by atoms with Gasteiger partial charge in [0.05, 0.1) is 0 Å². The Balaban J connectivity index is 1.25. The SMILES string of the molecule is O=C(NC1CCN(C(=O)OCc2ccccc2)CC1)c1ccc2n[nH]nc2c1. The van der Waals surface area contributed by atoms with Crippen LogP contribution in [0.2, 0.25) is 0 Å². The Labute approximate surface area is 161 Å². The Morgan fingerprint density at radius 1 is 1.07 bits per heavy atom. The number of benzene rings is 2. The lowest BCUT2D eigenvalue weighted by Crippen LogP contribution is -2.46. The fraction of sp³-hybridized carbons (Fsp3) is 0.300. The maximum Gasteiger partial charge on any atom is 0.410 e. The van der Waals surface area contributed by atoms with Gasteiger partial charge in [0.1, 0.15) is 17.6 Å². The van der Waals surface area contributed by atoms with Crippen LogP contribution >= 0.6 is 0 Å². The second-order valence-corrected chi connectivity index (χ2v) is 6.80. The van der Waals surface area contributed by atoms with E-state index in [4.69, 9.17) is 4.74 Å². The van der Waals surface area contributed by atoms with E-state index in [1.165, 1.54) is 0 Å². The summed E-state index contributed by atoms with van der Waals surface area (Å²) in [5.41, 5.74) is 2.88. The topological polar surface area (TPSA) is 100 Å². The molecule has 3 aromatic rings. The highest BCUT2D eigenvalue weighted by Gasteiger charge is 2.25. The summed E-state index contributed by atoms with van der Waals surface area (Å²) in [6.07, 6.45) is 1.07. The van der Waals surface area contributed by atoms with Crippen molar-refractivity contribution >= 4 is 23.0 Å². The van der Waals surface area contributed by atoms with Gasteiger partial charge in [0, 0.05) is 24.7 Å². The van der Waals surface area contributed by atoms with Gasteiger partial charge in [-0.25, -0.2) is 4.79 Å². The Bertz CT molecular complexity index is 964. The monoisotopic (exact) mass is 379 g/mol. The number of carbonyl (C=O) groups is 2. The lowest BCUT2D eigenvalue weighted by atomic mass is 10.0. The second-order valence-electron chi connectivity index (χ2n) is 6.80. The number of hydrogen-bond acceptors (Lipinski definition) is 5. The highest BCUT2D eigenvalue weighted by Crippen LogP contribution is 2.15. The van der Waals surface area contributed by atoms with Crippen molar-refractivity contribution in [2.24, 2.45) is 0 Å². The predicted molar refractivity (Wildman–Crippen MR) is 103 cm³/mol. The first-order chi connectivity index (χ1) is 13.7. The molecule has 1 fully saturated rings. The number of aromatic nitrogens is 3. The molecular formula is C20H21N5O3. The summed E-state index contributed by atoms with van der Waals surface area (Å²) in [6.45, 7) is 1.38. The molecule has 0 bridgehead atoms. The molecule has 2 amide bonds. The molecule has 0 saturated carbocycles. The molecule has 0 aliphatic carbocycles. The van der Waals surface area contributed by atoms with Gasteiger partial charge in [-0.1, -0.05) is 30.3 Å². The van der Waals surface area contributed by atoms with E-state index in [0.717, 1.165) is 11.1 Å². The van der Waals surface area contributed by atoms with Crippen LogP contribution in [0.5, 0.6) is 0 Å². The van der Waals surface area contributed by atoms with E-state index < -0.39 is 0 Å². The third-order valence-corrected chi connectivity index (χ3v) is 4.87. The predicted octanol–water partition coefficient (Wildman–Crippen LogP) is 2.49. The van der Waals surface area contributed by atoms with Crippen LogP contribution in [0.15, 0.2) is 48.5 Å². The fourth-order valence-corrected chi connectivity index (χ4v) is 3.27. The summed E-state index contributed by atoms with van der Waals surface area (Å²) in [5, 5.41) is 13.6. The lowest BCUT2D eigenvalue weighted by Gasteiger charge is -2.31. The summed E-state index contributed by atoms with van der Waals surface area (Å²) >= 11 is 0. The van der Waals surface area contributed by atoms with Gasteiger partial charge in [0.2, 0.25) is 0 Å². The molecule has 1 saturated heterocycles. The molecule has 8 heteroatoms. The lowest BCUT2D eigenvalue weighted by molar-refractivity contribution is 0.0809. The van der Waals surface area contributed by atoms with Crippen molar-refractivity contribution < 1.29 is 14.3 Å². The van der Waals surface area contributed by atoms with E-state index in [1.807, 2.05) is 30.3 Å². The van der Waals surface area contributed by atoms with Crippen molar-refractivity contribution in [2.75, 3.05) is 13.1 Å². The van der Waals surface area contributed by atoms with Crippen LogP contribution in [0.25, 0.3) is 11.0 Å². The zero-order valence-corrected chi connectivity index (χ0v) is 15.3. The van der Waals surface area contributed by atoms with E-state index in [2.05, 4.69) is 20.7 Å². The second kappa shape index (κ2) is 8.08. The molecule has 1 aliphatic rings. The molecule has 0 radical (unpaired) electrons. The van der Waals surface area contributed by atoms with Gasteiger partial charge in [-0.3, -0.25) is 4.79 Å². The van der Waals surface area contributed by atoms with Crippen molar-refractivity contribution in [2.45, 2.75) is 25.5 Å². The van der Waals surface area contributed by atoms with Crippen molar-refractivity contribution in [1.82, 2.24) is 25.6 Å². The summed E-state index contributed by atoms with van der Waals surface area (Å²) in [7, 11) is 0. The minimum Gasteiger partial charge on any atom is -0.445 e. The van der Waals surface area contributed by atoms with Crippen molar-refractivity contribution in [3.05, 3.63) is 59.7 Å². The molecule has 0 unspecified atom stereocenters. The number of nitrogens with one attached hydrogen (secondary N) is 2. The smallest absolute Gasteiger partial charge is 0.410 e. The summed E-state index contributed by atoms with van der Waals surface area (Å²) in [6, 6.07) is 14.8. The zero-order chi connectivity index (χ0) is 19.3. The molecule has 2 aromatic carbocycles. The molecule has 1 aliphatic heterocycles. The first-order valence-corrected chi connectivity index (χ1v) is 9.26. The number of aromatic amines is 1. The zero-order valence-electron chi connectivity index (χ0n) is 15.3. The van der Waals surface area contributed by atoms with Crippen LogP contribution < -0.4 is 5.32 Å². The number of rotatable bonds is 4. The normalized spacial score (nSPS) is 14.8. The molecule has 2 N–H and O–H groups in total. The standard InChI is InChI=1S/C20H21N5O3/c26-19(15-6-7-17-18(12-15)23-24-22-17)21-16-8-10-25(11-9-16)20(27)28-13-14-4-2-1-3-5-14/h1-7,12,16H,8-11,13H2,(H,21,26)(H,22,23,24). The van der Waals surface area contributed by atoms with Gasteiger partial charge >= 0.3 is 6.09 Å². The Morgan fingerprint density at radius 3 is 2.61 bits per heavy atom. The van der Waals surface area contributed by atoms with Crippen molar-refractivity contribution in [3.8, 4) is 0 Å². The van der Waals surface area contributed by atoms with Gasteiger partial charge < -0.3 is 15.0 Å². The molecule has 0 spiro atoms. The molecule has 2 heterocycles. The van der Waals surface area contributed by atoms with Crippen LogP contribution in [0, 0.1) is 0 Å². The molecule has 144 valence electrons. The van der Waals surface area contributed by atoms with E-state index in [1.54, 1.807) is 23.1 Å².